The van der Waals surface area contributed by atoms with Gasteiger partial charge in [-0.3, -0.25) is 38.4 Å². The number of aliphatic hydroxyl groups excluding tert-OH is 3. The molecule has 4 aromatic carbocycles. The third-order valence-electron chi connectivity index (χ3n) is 10.8. The summed E-state index contributed by atoms with van der Waals surface area (Å²) in [5.41, 5.74) is -0.952. The maximum atomic E-state index is 15.7. The number of rotatable bonds is 12. The molecule has 1 fully saturated rings. The van der Waals surface area contributed by atoms with Gasteiger partial charge >= 0.3 is 41.8 Å². The molecule has 8 atom stereocenters. The largest absolute Gasteiger partial charge is 0.484 e. The standard InChI is InChI=1S/C48H44O22/c1-20(49)61-19-37-42(56)44(58)47(59)48(60,70-37)69-36-18-35(66-25(6)54)38-31(55)17-32(26-7-11-28(12-8-26)62-21(2)50)67-46(38)40(36)41-43(57)39-33(65-24(5)53)15-30(64-23(4)52)16-34(39)68-45(41)27-9-13-29(14-10-27)63-22(3)51/h7-16,18,32,37,41-42,44-45,47,56,58-60H,17,19H2,1-6H3/t32?,37-,41?,42-,44+,45?,47-,48+/m1/s1. The maximum absolute atomic E-state index is 15.7. The van der Waals surface area contributed by atoms with E-state index in [-0.39, 0.29) is 28.6 Å². The summed E-state index contributed by atoms with van der Waals surface area (Å²) in [4.78, 5) is 103. The minimum Gasteiger partial charge on any atom is -0.484 e. The quantitative estimate of drug-likeness (QED) is 0.0900. The molecule has 3 aliphatic heterocycles. The zero-order valence-electron chi connectivity index (χ0n) is 37.9. The van der Waals surface area contributed by atoms with Crippen molar-refractivity contribution in [3.05, 3.63) is 94.5 Å². The minimum atomic E-state index is -3.45. The summed E-state index contributed by atoms with van der Waals surface area (Å²) >= 11 is 0. The molecule has 3 aliphatic rings. The number of benzene rings is 4. The van der Waals surface area contributed by atoms with Gasteiger partial charge in [0.25, 0.3) is 0 Å². The van der Waals surface area contributed by atoms with Crippen LogP contribution in [0.15, 0.2) is 66.7 Å². The highest BCUT2D eigenvalue weighted by Gasteiger charge is 2.57. The molecule has 0 saturated carbocycles. The fraction of sp³-hybridized carbons (Fsp3) is 0.333. The Hall–Kier alpha value is -7.76. The fourth-order valence-electron chi connectivity index (χ4n) is 8.03. The Bertz CT molecular complexity index is 2780. The summed E-state index contributed by atoms with van der Waals surface area (Å²) < 4.78 is 56.6. The number of Topliss-reactive ketones (excluding diaryl/α,β-unsaturated/α-hetero) is 2. The van der Waals surface area contributed by atoms with Gasteiger partial charge in [-0.15, -0.1) is 0 Å². The molecular formula is C48H44O22. The number of aliphatic hydroxyl groups is 4. The van der Waals surface area contributed by atoms with Gasteiger partial charge < -0.3 is 67.8 Å². The van der Waals surface area contributed by atoms with Crippen molar-refractivity contribution in [3.63, 3.8) is 0 Å². The number of carbonyl (C=O) groups is 8. The van der Waals surface area contributed by atoms with Gasteiger partial charge in [-0.1, -0.05) is 24.3 Å². The Balaban J connectivity index is 1.53. The molecule has 1 saturated heterocycles. The van der Waals surface area contributed by atoms with E-state index in [9.17, 15) is 54.0 Å². The number of esters is 6. The highest BCUT2D eigenvalue weighted by atomic mass is 16.8. The average molecular weight is 973 g/mol. The van der Waals surface area contributed by atoms with Crippen LogP contribution in [-0.2, 0) is 38.2 Å². The average Bonchev–Trinajstić information content (AvgIpc) is 3.26. The lowest BCUT2D eigenvalue weighted by atomic mass is 9.78. The van der Waals surface area contributed by atoms with Gasteiger partial charge in [-0.05, 0) is 35.4 Å². The molecule has 368 valence electrons. The monoisotopic (exact) mass is 972 g/mol. The van der Waals surface area contributed by atoms with Crippen molar-refractivity contribution in [2.24, 2.45) is 0 Å². The second kappa shape index (κ2) is 20.1. The van der Waals surface area contributed by atoms with Crippen molar-refractivity contribution >= 4 is 47.4 Å². The highest BCUT2D eigenvalue weighted by molar-refractivity contribution is 6.10. The van der Waals surface area contributed by atoms with Crippen LogP contribution in [0.4, 0.5) is 0 Å². The summed E-state index contributed by atoms with van der Waals surface area (Å²) in [6.07, 6.45) is -11.9. The molecule has 7 rings (SSSR count). The molecule has 0 bridgehead atoms. The third-order valence-corrected chi connectivity index (χ3v) is 10.8. The minimum absolute atomic E-state index is 0.0583. The van der Waals surface area contributed by atoms with Crippen LogP contribution in [0.3, 0.4) is 0 Å². The SMILES string of the molecule is CC(=O)OC[C@H]1O[C@@](O)(Oc2cc(OC(C)=O)c3c(c2C2C(=O)c4c(OC(C)=O)cc(OC(C)=O)cc4OC2c2ccc(OC(C)=O)cc2)OC(c2ccc(OC(C)=O)cc2)CC3=O)[C@H](O)[C@@H](O)[C@@H]1O. The zero-order chi connectivity index (χ0) is 50.9. The molecule has 70 heavy (non-hydrogen) atoms. The molecule has 0 spiro atoms. The van der Waals surface area contributed by atoms with Crippen molar-refractivity contribution in [1.82, 2.24) is 0 Å². The van der Waals surface area contributed by atoms with Crippen LogP contribution < -0.4 is 37.9 Å². The zero-order valence-corrected chi connectivity index (χ0v) is 37.9. The topological polar surface area (TPSA) is 310 Å². The Morgan fingerprint density at radius 3 is 1.69 bits per heavy atom. The third kappa shape index (κ3) is 10.6. The van der Waals surface area contributed by atoms with E-state index in [2.05, 4.69) is 0 Å². The van der Waals surface area contributed by atoms with Crippen LogP contribution in [0, 0.1) is 0 Å². The van der Waals surface area contributed by atoms with E-state index < -0.39 is 149 Å². The van der Waals surface area contributed by atoms with E-state index in [4.69, 9.17) is 47.4 Å². The molecule has 3 heterocycles. The molecule has 0 amide bonds. The Morgan fingerprint density at radius 1 is 0.614 bits per heavy atom. The van der Waals surface area contributed by atoms with Crippen molar-refractivity contribution in [1.29, 1.82) is 0 Å². The summed E-state index contributed by atoms with van der Waals surface area (Å²) in [7, 11) is 0. The van der Waals surface area contributed by atoms with E-state index in [0.717, 1.165) is 52.8 Å². The van der Waals surface area contributed by atoms with E-state index in [1.807, 2.05) is 0 Å². The van der Waals surface area contributed by atoms with Crippen molar-refractivity contribution in [3.8, 4) is 46.0 Å². The summed E-state index contributed by atoms with van der Waals surface area (Å²) in [5.74, 6) is -14.7. The predicted molar refractivity (Wildman–Crippen MR) is 230 cm³/mol. The smallest absolute Gasteiger partial charge is 0.355 e. The number of hydrogen-bond donors (Lipinski definition) is 4. The van der Waals surface area contributed by atoms with E-state index >= 15 is 4.79 Å². The van der Waals surface area contributed by atoms with Crippen molar-refractivity contribution < 1.29 is 106 Å². The molecular weight excluding hydrogens is 929 g/mol. The molecule has 22 heteroatoms. The lowest BCUT2D eigenvalue weighted by Crippen LogP contribution is -2.67. The van der Waals surface area contributed by atoms with Gasteiger partial charge in [0.15, 0.2) is 17.7 Å². The van der Waals surface area contributed by atoms with Crippen LogP contribution >= 0.6 is 0 Å². The lowest BCUT2D eigenvalue weighted by molar-refractivity contribution is -0.422. The first-order valence-electron chi connectivity index (χ1n) is 21.2. The van der Waals surface area contributed by atoms with E-state index in [1.165, 1.54) is 55.5 Å². The number of carbonyl (C=O) groups excluding carboxylic acids is 8. The molecule has 22 nitrogen and oxygen atoms in total. The summed E-state index contributed by atoms with van der Waals surface area (Å²) in [5, 5.41) is 45.4. The first-order chi connectivity index (χ1) is 33.0. The Labute approximate surface area is 396 Å². The van der Waals surface area contributed by atoms with Crippen LogP contribution in [0.1, 0.15) is 103 Å². The number of ether oxygens (including phenoxy) is 10. The fourth-order valence-corrected chi connectivity index (χ4v) is 8.03. The van der Waals surface area contributed by atoms with Gasteiger partial charge in [0.05, 0.1) is 17.9 Å². The number of fused-ring (bicyclic) bond motifs is 2. The maximum Gasteiger partial charge on any atom is 0.355 e. The van der Waals surface area contributed by atoms with Crippen LogP contribution in [0.5, 0.6) is 46.0 Å². The van der Waals surface area contributed by atoms with E-state index in [1.54, 1.807) is 0 Å². The second-order valence-electron chi connectivity index (χ2n) is 16.1. The summed E-state index contributed by atoms with van der Waals surface area (Å²) in [6.45, 7) is 5.68. The van der Waals surface area contributed by atoms with Crippen LogP contribution in [0.25, 0.3) is 0 Å². The van der Waals surface area contributed by atoms with Crippen LogP contribution in [0.2, 0.25) is 0 Å². The normalized spacial score (nSPS) is 23.5. The first-order valence-corrected chi connectivity index (χ1v) is 21.2. The van der Waals surface area contributed by atoms with Gasteiger partial charge in [0.1, 0.15) is 94.2 Å². The Morgan fingerprint density at radius 2 is 1.14 bits per heavy atom. The van der Waals surface area contributed by atoms with E-state index in [0.29, 0.717) is 5.56 Å². The Kier molecular flexibility index (Phi) is 14.4. The first kappa shape index (κ1) is 50.1. The van der Waals surface area contributed by atoms with Gasteiger partial charge in [0.2, 0.25) is 0 Å². The number of ketones is 2. The number of hydrogen-bond acceptors (Lipinski definition) is 22. The lowest BCUT2D eigenvalue weighted by Gasteiger charge is -2.45. The molecule has 0 aromatic heterocycles. The van der Waals surface area contributed by atoms with Gasteiger partial charge in [-0.2, -0.15) is 0 Å². The van der Waals surface area contributed by atoms with Crippen molar-refractivity contribution in [2.45, 2.75) is 96.5 Å². The molecule has 4 N–H and O–H groups in total. The van der Waals surface area contributed by atoms with Crippen LogP contribution in [-0.4, -0.2) is 105 Å². The second-order valence-corrected chi connectivity index (χ2v) is 16.1. The molecule has 0 radical (unpaired) electrons. The van der Waals surface area contributed by atoms with Gasteiger partial charge in [-0.25, -0.2) is 0 Å². The highest BCUT2D eigenvalue weighted by Crippen LogP contribution is 2.57. The molecule has 4 aromatic rings. The predicted octanol–water partition coefficient (Wildman–Crippen LogP) is 3.19. The molecule has 3 unspecified atom stereocenters. The molecule has 0 aliphatic carbocycles. The summed E-state index contributed by atoms with van der Waals surface area (Å²) in [6, 6.07) is 14.4. The van der Waals surface area contributed by atoms with Gasteiger partial charge in [0, 0.05) is 59.7 Å². The van der Waals surface area contributed by atoms with Crippen molar-refractivity contribution in [2.75, 3.05) is 6.61 Å².